The van der Waals surface area contributed by atoms with E-state index >= 15 is 0 Å². The van der Waals surface area contributed by atoms with Gasteiger partial charge in [0.2, 0.25) is 0 Å². The number of thiophene rings is 1. The molecule has 0 spiro atoms. The second-order valence-corrected chi connectivity index (χ2v) is 8.15. The quantitative estimate of drug-likeness (QED) is 0.299. The Bertz CT molecular complexity index is 1410. The van der Waals surface area contributed by atoms with Crippen molar-refractivity contribution >= 4 is 33.9 Å². The lowest BCUT2D eigenvalue weighted by Gasteiger charge is -2.09. The molecule has 0 saturated heterocycles. The van der Waals surface area contributed by atoms with Crippen molar-refractivity contribution in [3.05, 3.63) is 102 Å². The Morgan fingerprint density at radius 3 is 2.66 bits per heavy atom. The Morgan fingerprint density at radius 2 is 1.91 bits per heavy atom. The van der Waals surface area contributed by atoms with E-state index in [1.807, 2.05) is 89.8 Å². The van der Waals surface area contributed by atoms with Crippen molar-refractivity contribution in [3.63, 3.8) is 0 Å². The monoisotopic (exact) mass is 437 g/mol. The summed E-state index contributed by atoms with van der Waals surface area (Å²) < 4.78 is 1.93. The summed E-state index contributed by atoms with van der Waals surface area (Å²) in [5, 5.41) is 7.13. The number of hydrogen-bond donors (Lipinski definition) is 1. The number of nitrogens with one attached hydrogen (secondary N) is 1. The fourth-order valence-corrected chi connectivity index (χ4v) is 4.15. The fourth-order valence-electron chi connectivity index (χ4n) is 3.46. The minimum absolute atomic E-state index is 0.268. The van der Waals surface area contributed by atoms with Gasteiger partial charge in [0.05, 0.1) is 33.7 Å². The van der Waals surface area contributed by atoms with Gasteiger partial charge in [-0.1, -0.05) is 36.4 Å². The summed E-state index contributed by atoms with van der Waals surface area (Å²) in [5.74, 6) is -0.268. The van der Waals surface area contributed by atoms with Gasteiger partial charge in [0.25, 0.3) is 5.91 Å². The number of aromatic nitrogens is 3. The van der Waals surface area contributed by atoms with Crippen LogP contribution in [0.1, 0.15) is 22.8 Å². The number of carbonyl (C=O) groups is 1. The Morgan fingerprint density at radius 1 is 1.06 bits per heavy atom. The molecule has 0 bridgehead atoms. The summed E-state index contributed by atoms with van der Waals surface area (Å²) >= 11 is 1.59. The van der Waals surface area contributed by atoms with Crippen molar-refractivity contribution in [2.75, 3.05) is 0 Å². The Hall–Kier alpha value is -4.10. The SMILES string of the molecule is C/C(=N\NC(=O)c1cc(-c2cccs2)nc2ccccc12)c1ccc(-n2ccnc2)cc1. The van der Waals surface area contributed by atoms with Crippen molar-refractivity contribution in [1.29, 1.82) is 0 Å². The van der Waals surface area contributed by atoms with E-state index in [1.165, 1.54) is 0 Å². The molecule has 2 aromatic carbocycles. The van der Waals surface area contributed by atoms with Crippen LogP contribution < -0.4 is 5.43 Å². The third-order valence-corrected chi connectivity index (χ3v) is 6.04. The maximum atomic E-state index is 13.1. The van der Waals surface area contributed by atoms with E-state index in [2.05, 4.69) is 15.5 Å². The minimum atomic E-state index is -0.268. The smallest absolute Gasteiger partial charge is 0.272 e. The lowest BCUT2D eigenvalue weighted by molar-refractivity contribution is 0.0956. The average molecular weight is 438 g/mol. The summed E-state index contributed by atoms with van der Waals surface area (Å²) in [6.45, 7) is 1.87. The number of pyridine rings is 1. The van der Waals surface area contributed by atoms with E-state index in [4.69, 9.17) is 4.98 Å². The predicted octanol–water partition coefficient (Wildman–Crippen LogP) is 5.30. The average Bonchev–Trinajstić information content (AvgIpc) is 3.56. The Balaban J connectivity index is 1.41. The molecule has 1 N–H and O–H groups in total. The number of nitrogens with zero attached hydrogens (tertiary/aromatic N) is 4. The van der Waals surface area contributed by atoms with Gasteiger partial charge in [-0.15, -0.1) is 11.3 Å². The zero-order valence-electron chi connectivity index (χ0n) is 17.3. The van der Waals surface area contributed by atoms with Gasteiger partial charge < -0.3 is 4.57 Å². The molecule has 0 fully saturated rings. The van der Waals surface area contributed by atoms with Crippen molar-refractivity contribution in [3.8, 4) is 16.3 Å². The van der Waals surface area contributed by atoms with E-state index in [-0.39, 0.29) is 5.91 Å². The van der Waals surface area contributed by atoms with Crippen LogP contribution >= 0.6 is 11.3 Å². The minimum Gasteiger partial charge on any atom is -0.306 e. The first-order valence-electron chi connectivity index (χ1n) is 10.1. The second-order valence-electron chi connectivity index (χ2n) is 7.20. The molecule has 3 aromatic heterocycles. The molecule has 5 aromatic rings. The molecule has 7 heteroatoms. The molecule has 32 heavy (non-hydrogen) atoms. The van der Waals surface area contributed by atoms with Crippen LogP contribution in [0.5, 0.6) is 0 Å². The topological polar surface area (TPSA) is 72.2 Å². The highest BCUT2D eigenvalue weighted by atomic mass is 32.1. The number of hydrazone groups is 1. The first-order chi connectivity index (χ1) is 15.7. The van der Waals surface area contributed by atoms with Crippen LogP contribution in [-0.4, -0.2) is 26.2 Å². The van der Waals surface area contributed by atoms with Gasteiger partial charge in [0, 0.05) is 23.5 Å². The number of amides is 1. The van der Waals surface area contributed by atoms with Gasteiger partial charge in [0.15, 0.2) is 0 Å². The first kappa shape index (κ1) is 19.8. The number of fused-ring (bicyclic) bond motifs is 1. The zero-order chi connectivity index (χ0) is 21.9. The fraction of sp³-hybridized carbons (Fsp3) is 0.0400. The molecule has 0 unspecified atom stereocenters. The van der Waals surface area contributed by atoms with Gasteiger partial charge in [-0.3, -0.25) is 4.79 Å². The molecule has 0 atom stereocenters. The van der Waals surface area contributed by atoms with E-state index in [0.29, 0.717) is 11.3 Å². The lowest BCUT2D eigenvalue weighted by atomic mass is 10.1. The Kier molecular flexibility index (Phi) is 5.31. The van der Waals surface area contributed by atoms with Gasteiger partial charge in [0.1, 0.15) is 0 Å². The zero-order valence-corrected chi connectivity index (χ0v) is 18.1. The van der Waals surface area contributed by atoms with E-state index < -0.39 is 0 Å². The van der Waals surface area contributed by atoms with Gasteiger partial charge >= 0.3 is 0 Å². The maximum Gasteiger partial charge on any atom is 0.272 e. The summed E-state index contributed by atoms with van der Waals surface area (Å²) in [6.07, 6.45) is 5.38. The number of imidazole rings is 1. The van der Waals surface area contributed by atoms with Crippen LogP contribution in [0.15, 0.2) is 95.9 Å². The first-order valence-corrected chi connectivity index (χ1v) is 10.9. The third kappa shape index (κ3) is 3.93. The molecular weight excluding hydrogens is 418 g/mol. The number of rotatable bonds is 5. The number of hydrogen-bond acceptors (Lipinski definition) is 5. The molecule has 3 heterocycles. The largest absolute Gasteiger partial charge is 0.306 e. The van der Waals surface area contributed by atoms with Crippen molar-refractivity contribution in [2.45, 2.75) is 6.92 Å². The van der Waals surface area contributed by atoms with Crippen LogP contribution in [0.3, 0.4) is 0 Å². The highest BCUT2D eigenvalue weighted by molar-refractivity contribution is 7.13. The van der Waals surface area contributed by atoms with Crippen LogP contribution in [0.4, 0.5) is 0 Å². The van der Waals surface area contributed by atoms with Gasteiger partial charge in [-0.2, -0.15) is 5.10 Å². The normalized spacial score (nSPS) is 11.6. The van der Waals surface area contributed by atoms with Crippen molar-refractivity contribution in [2.24, 2.45) is 5.10 Å². The highest BCUT2D eigenvalue weighted by Crippen LogP contribution is 2.27. The second kappa shape index (κ2) is 8.56. The summed E-state index contributed by atoms with van der Waals surface area (Å²) in [7, 11) is 0. The molecule has 6 nitrogen and oxygen atoms in total. The molecule has 5 rings (SSSR count). The van der Waals surface area contributed by atoms with Crippen LogP contribution in [0.2, 0.25) is 0 Å². The standard InChI is InChI=1S/C25H19N5OS/c1-17(18-8-10-19(11-9-18)30-13-12-26-16-30)28-29-25(31)21-15-23(24-7-4-14-32-24)27-22-6-3-2-5-20(21)22/h2-16H,1H3,(H,29,31)/b28-17+. The van der Waals surface area contributed by atoms with Crippen LogP contribution in [-0.2, 0) is 0 Å². The van der Waals surface area contributed by atoms with E-state index in [1.54, 1.807) is 23.9 Å². The number of para-hydroxylation sites is 1. The number of benzene rings is 2. The third-order valence-electron chi connectivity index (χ3n) is 5.15. The molecule has 0 aliphatic heterocycles. The predicted molar refractivity (Wildman–Crippen MR) is 128 cm³/mol. The van der Waals surface area contributed by atoms with Crippen molar-refractivity contribution in [1.82, 2.24) is 20.0 Å². The molecule has 156 valence electrons. The molecule has 0 aliphatic rings. The van der Waals surface area contributed by atoms with E-state index in [9.17, 15) is 4.79 Å². The molecule has 1 amide bonds. The summed E-state index contributed by atoms with van der Waals surface area (Å²) in [4.78, 5) is 22.9. The number of carbonyl (C=O) groups excluding carboxylic acids is 1. The summed E-state index contributed by atoms with van der Waals surface area (Å²) in [5.41, 5.74) is 7.46. The van der Waals surface area contributed by atoms with Crippen LogP contribution in [0.25, 0.3) is 27.2 Å². The summed E-state index contributed by atoms with van der Waals surface area (Å²) in [6, 6.07) is 21.4. The molecular formula is C25H19N5OS. The Labute approximate surface area is 188 Å². The van der Waals surface area contributed by atoms with Gasteiger partial charge in [-0.25, -0.2) is 15.4 Å². The molecule has 0 radical (unpaired) electrons. The molecule has 0 saturated carbocycles. The van der Waals surface area contributed by atoms with Crippen molar-refractivity contribution < 1.29 is 4.79 Å². The maximum absolute atomic E-state index is 13.1. The van der Waals surface area contributed by atoms with E-state index in [0.717, 1.165) is 32.7 Å². The highest BCUT2D eigenvalue weighted by Gasteiger charge is 2.14. The van der Waals surface area contributed by atoms with Crippen LogP contribution in [0, 0.1) is 0 Å². The molecule has 0 aliphatic carbocycles. The lowest BCUT2D eigenvalue weighted by Crippen LogP contribution is -2.20. The van der Waals surface area contributed by atoms with Gasteiger partial charge in [-0.05, 0) is 48.2 Å².